The molecule has 1 aliphatic rings. The van der Waals surface area contributed by atoms with Crippen molar-refractivity contribution < 1.29 is 5.11 Å². The third-order valence-electron chi connectivity index (χ3n) is 3.90. The fraction of sp³-hybridized carbons (Fsp3) is 0.375. The molecule has 1 aromatic carbocycles. The van der Waals surface area contributed by atoms with Gasteiger partial charge in [-0.1, -0.05) is 17.7 Å². The number of aryl methyl sites for hydroxylation is 2. The minimum atomic E-state index is -0.0180. The lowest BCUT2D eigenvalue weighted by Gasteiger charge is -2.27. The zero-order chi connectivity index (χ0) is 15.0. The summed E-state index contributed by atoms with van der Waals surface area (Å²) in [5.41, 5.74) is 3.68. The first-order valence-corrected chi connectivity index (χ1v) is 7.12. The van der Waals surface area contributed by atoms with Crippen molar-refractivity contribution in [3.8, 4) is 5.75 Å². The van der Waals surface area contributed by atoms with Crippen LogP contribution in [0.3, 0.4) is 0 Å². The normalized spacial score (nSPS) is 15.0. The van der Waals surface area contributed by atoms with Crippen LogP contribution in [-0.2, 0) is 19.5 Å². The highest BCUT2D eigenvalue weighted by atomic mass is 16.3. The van der Waals surface area contributed by atoms with Crippen LogP contribution in [0.5, 0.6) is 5.75 Å². The van der Waals surface area contributed by atoms with E-state index in [-0.39, 0.29) is 5.56 Å². The van der Waals surface area contributed by atoms with Crippen molar-refractivity contribution in [1.82, 2.24) is 14.9 Å². The maximum Gasteiger partial charge on any atom is 0.254 e. The fourth-order valence-electron chi connectivity index (χ4n) is 2.83. The largest absolute Gasteiger partial charge is 0.508 e. The summed E-state index contributed by atoms with van der Waals surface area (Å²) >= 11 is 0. The van der Waals surface area contributed by atoms with Gasteiger partial charge in [0.15, 0.2) is 0 Å². The van der Waals surface area contributed by atoms with Crippen LogP contribution in [0, 0.1) is 13.8 Å². The van der Waals surface area contributed by atoms with E-state index in [4.69, 9.17) is 0 Å². The van der Waals surface area contributed by atoms with E-state index in [1.807, 2.05) is 19.1 Å². The van der Waals surface area contributed by atoms with E-state index in [0.29, 0.717) is 31.1 Å². The number of hydrogen-bond donors (Lipinski definition) is 2. The SMILES string of the molecule is Cc1ccc(O)c(CN2CCc3c(nc(C)[nH]c3=O)C2)c1. The highest BCUT2D eigenvalue weighted by Gasteiger charge is 2.21. The predicted octanol–water partition coefficient (Wildman–Crippen LogP) is 1.65. The van der Waals surface area contributed by atoms with Crippen LogP contribution in [0.1, 0.15) is 28.2 Å². The first-order chi connectivity index (χ1) is 10.0. The predicted molar refractivity (Wildman–Crippen MR) is 80.3 cm³/mol. The van der Waals surface area contributed by atoms with E-state index in [2.05, 4.69) is 14.9 Å². The van der Waals surface area contributed by atoms with Crippen LogP contribution in [0.25, 0.3) is 0 Å². The number of aromatic nitrogens is 2. The third kappa shape index (κ3) is 2.83. The molecule has 0 amide bonds. The van der Waals surface area contributed by atoms with Crippen molar-refractivity contribution in [3.63, 3.8) is 0 Å². The Balaban J connectivity index is 1.83. The van der Waals surface area contributed by atoms with Gasteiger partial charge in [0, 0.05) is 30.8 Å². The lowest BCUT2D eigenvalue weighted by atomic mass is 10.0. The highest BCUT2D eigenvalue weighted by molar-refractivity contribution is 5.35. The number of hydrogen-bond acceptors (Lipinski definition) is 4. The maximum atomic E-state index is 11.9. The topological polar surface area (TPSA) is 69.2 Å². The second-order valence-corrected chi connectivity index (χ2v) is 5.67. The van der Waals surface area contributed by atoms with Gasteiger partial charge in [-0.05, 0) is 26.3 Å². The number of benzene rings is 1. The summed E-state index contributed by atoms with van der Waals surface area (Å²) in [4.78, 5) is 21.3. The Kier molecular flexibility index (Phi) is 3.51. The fourth-order valence-corrected chi connectivity index (χ4v) is 2.83. The molecular weight excluding hydrogens is 266 g/mol. The molecule has 21 heavy (non-hydrogen) atoms. The zero-order valence-electron chi connectivity index (χ0n) is 12.3. The van der Waals surface area contributed by atoms with Crippen LogP contribution in [0.2, 0.25) is 0 Å². The Hall–Kier alpha value is -2.14. The smallest absolute Gasteiger partial charge is 0.254 e. The molecule has 3 rings (SSSR count). The van der Waals surface area contributed by atoms with E-state index in [1.165, 1.54) is 0 Å². The molecule has 0 saturated carbocycles. The average Bonchev–Trinajstić information content (AvgIpc) is 2.42. The molecule has 0 radical (unpaired) electrons. The highest BCUT2D eigenvalue weighted by Crippen LogP contribution is 2.22. The van der Waals surface area contributed by atoms with Gasteiger partial charge in [-0.15, -0.1) is 0 Å². The number of phenols is 1. The van der Waals surface area contributed by atoms with E-state index in [9.17, 15) is 9.90 Å². The lowest BCUT2D eigenvalue weighted by molar-refractivity contribution is 0.237. The van der Waals surface area contributed by atoms with Gasteiger partial charge in [0.25, 0.3) is 5.56 Å². The number of rotatable bonds is 2. The Morgan fingerprint density at radius 3 is 3.00 bits per heavy atom. The third-order valence-corrected chi connectivity index (χ3v) is 3.90. The molecule has 2 aromatic rings. The molecular formula is C16H19N3O2. The van der Waals surface area contributed by atoms with E-state index < -0.39 is 0 Å². The molecule has 0 unspecified atom stereocenters. The number of H-pyrrole nitrogens is 1. The van der Waals surface area contributed by atoms with Crippen LogP contribution >= 0.6 is 0 Å². The van der Waals surface area contributed by atoms with Crippen molar-refractivity contribution in [2.45, 2.75) is 33.4 Å². The van der Waals surface area contributed by atoms with Gasteiger partial charge in [0.05, 0.1) is 5.69 Å². The molecule has 5 heteroatoms. The van der Waals surface area contributed by atoms with Crippen LogP contribution in [0.4, 0.5) is 0 Å². The van der Waals surface area contributed by atoms with Gasteiger partial charge in [0.1, 0.15) is 11.6 Å². The summed E-state index contributed by atoms with van der Waals surface area (Å²) < 4.78 is 0. The standard InChI is InChI=1S/C16H19N3O2/c1-10-3-4-15(20)12(7-10)8-19-6-5-13-14(9-19)17-11(2)18-16(13)21/h3-4,7,20H,5-6,8-9H2,1-2H3,(H,17,18,21). The summed E-state index contributed by atoms with van der Waals surface area (Å²) in [6.07, 6.45) is 0.699. The Morgan fingerprint density at radius 2 is 2.19 bits per heavy atom. The molecule has 1 aromatic heterocycles. The van der Waals surface area contributed by atoms with Crippen molar-refractivity contribution in [3.05, 3.63) is 56.8 Å². The van der Waals surface area contributed by atoms with E-state index >= 15 is 0 Å². The molecule has 0 saturated heterocycles. The van der Waals surface area contributed by atoms with Gasteiger partial charge in [0.2, 0.25) is 0 Å². The molecule has 5 nitrogen and oxygen atoms in total. The number of aromatic hydroxyl groups is 1. The Morgan fingerprint density at radius 1 is 1.38 bits per heavy atom. The van der Waals surface area contributed by atoms with E-state index in [1.54, 1.807) is 13.0 Å². The summed E-state index contributed by atoms with van der Waals surface area (Å²) in [6.45, 7) is 5.92. The molecule has 0 aliphatic carbocycles. The van der Waals surface area contributed by atoms with Crippen LogP contribution in [0.15, 0.2) is 23.0 Å². The number of nitrogens with one attached hydrogen (secondary N) is 1. The van der Waals surface area contributed by atoms with E-state index in [0.717, 1.165) is 28.9 Å². The van der Waals surface area contributed by atoms with Crippen LogP contribution < -0.4 is 5.56 Å². The molecule has 2 heterocycles. The van der Waals surface area contributed by atoms with Crippen molar-refractivity contribution in [1.29, 1.82) is 0 Å². The number of nitrogens with zero attached hydrogens (tertiary/aromatic N) is 2. The quantitative estimate of drug-likeness (QED) is 0.880. The maximum absolute atomic E-state index is 11.9. The number of phenolic OH excluding ortho intramolecular Hbond substituents is 1. The first-order valence-electron chi connectivity index (χ1n) is 7.12. The monoisotopic (exact) mass is 285 g/mol. The first kappa shape index (κ1) is 13.8. The number of fused-ring (bicyclic) bond motifs is 1. The minimum Gasteiger partial charge on any atom is -0.508 e. The molecule has 0 bridgehead atoms. The van der Waals surface area contributed by atoms with Crippen LogP contribution in [-0.4, -0.2) is 26.5 Å². The Bertz CT molecular complexity index is 737. The molecule has 110 valence electrons. The van der Waals surface area contributed by atoms with Gasteiger partial charge < -0.3 is 10.1 Å². The molecule has 0 spiro atoms. The summed E-state index contributed by atoms with van der Waals surface area (Å²) in [7, 11) is 0. The molecule has 1 aliphatic heterocycles. The second-order valence-electron chi connectivity index (χ2n) is 5.67. The summed E-state index contributed by atoms with van der Waals surface area (Å²) in [6, 6.07) is 5.63. The summed E-state index contributed by atoms with van der Waals surface area (Å²) in [5.74, 6) is 0.973. The summed E-state index contributed by atoms with van der Waals surface area (Å²) in [5, 5.41) is 9.95. The second kappa shape index (κ2) is 5.33. The van der Waals surface area contributed by atoms with Crippen molar-refractivity contribution >= 4 is 0 Å². The molecule has 0 atom stereocenters. The molecule has 2 N–H and O–H groups in total. The van der Waals surface area contributed by atoms with Gasteiger partial charge in [-0.2, -0.15) is 0 Å². The minimum absolute atomic E-state index is 0.0180. The molecule has 0 fully saturated rings. The zero-order valence-corrected chi connectivity index (χ0v) is 12.3. The average molecular weight is 285 g/mol. The Labute approximate surface area is 123 Å². The van der Waals surface area contributed by atoms with Crippen molar-refractivity contribution in [2.24, 2.45) is 0 Å². The van der Waals surface area contributed by atoms with Gasteiger partial charge in [-0.3, -0.25) is 9.69 Å². The van der Waals surface area contributed by atoms with Gasteiger partial charge in [-0.25, -0.2) is 4.98 Å². The number of aromatic amines is 1. The van der Waals surface area contributed by atoms with Gasteiger partial charge >= 0.3 is 0 Å². The van der Waals surface area contributed by atoms with Crippen molar-refractivity contribution in [2.75, 3.05) is 6.54 Å². The lowest BCUT2D eigenvalue weighted by Crippen LogP contribution is -2.35.